The number of hydrogen-bond acceptors (Lipinski definition) is 15. The molecule has 0 aromatic heterocycles. The van der Waals surface area contributed by atoms with Gasteiger partial charge in [0, 0.05) is 57.3 Å². The highest BCUT2D eigenvalue weighted by molar-refractivity contribution is 5.88. The minimum absolute atomic E-state index is 0.0619. The van der Waals surface area contributed by atoms with Gasteiger partial charge >= 0.3 is 17.9 Å². The molecule has 0 aromatic carbocycles. The predicted molar refractivity (Wildman–Crippen MR) is 184 cm³/mol. The van der Waals surface area contributed by atoms with Crippen LogP contribution in [0.3, 0.4) is 0 Å². The van der Waals surface area contributed by atoms with Gasteiger partial charge in [-0.1, -0.05) is 16.7 Å². The molecule has 3 atom stereocenters. The van der Waals surface area contributed by atoms with Crippen LogP contribution in [-0.4, -0.2) is 134 Å². The summed E-state index contributed by atoms with van der Waals surface area (Å²) in [7, 11) is 0. The van der Waals surface area contributed by atoms with Gasteiger partial charge in [-0.05, 0) is 65.7 Å². The molecule has 0 aliphatic rings. The molecule has 0 rings (SSSR count). The maximum absolute atomic E-state index is 12.3. The van der Waals surface area contributed by atoms with Crippen molar-refractivity contribution in [2.45, 2.75) is 96.7 Å². The number of hydroxylamine groups is 6. The number of hydrogen-bond donors (Lipinski definition) is 8. The third-order valence-corrected chi connectivity index (χ3v) is 7.44. The van der Waals surface area contributed by atoms with Gasteiger partial charge in [-0.3, -0.25) is 44.4 Å². The van der Waals surface area contributed by atoms with Crippen LogP contribution in [0.2, 0.25) is 0 Å². The van der Waals surface area contributed by atoms with E-state index in [4.69, 9.17) is 36.9 Å². The highest BCUT2D eigenvalue weighted by Gasteiger charge is 2.19. The monoisotopic (exact) mass is 744 g/mol. The number of aliphatic carboxylic acids is 1. The van der Waals surface area contributed by atoms with E-state index in [-0.39, 0.29) is 90.8 Å². The van der Waals surface area contributed by atoms with Gasteiger partial charge in [0.2, 0.25) is 0 Å². The van der Waals surface area contributed by atoms with Gasteiger partial charge in [-0.2, -0.15) is 0 Å². The average molecular weight is 745 g/mol. The Bertz CT molecular complexity index is 1270. The summed E-state index contributed by atoms with van der Waals surface area (Å²) in [4.78, 5) is 71.4. The first-order chi connectivity index (χ1) is 24.4. The van der Waals surface area contributed by atoms with Crippen molar-refractivity contribution in [1.82, 2.24) is 15.2 Å². The van der Waals surface area contributed by atoms with Crippen LogP contribution in [0, 0.1) is 0 Å². The Labute approximate surface area is 303 Å². The minimum atomic E-state index is -1.18. The molecular weight excluding hydrogens is 688 g/mol. The molecule has 0 radical (unpaired) electrons. The van der Waals surface area contributed by atoms with E-state index in [1.165, 1.54) is 6.08 Å². The van der Waals surface area contributed by atoms with Crippen molar-refractivity contribution in [2.75, 3.05) is 39.5 Å². The number of nitrogens with zero attached hydrogens (tertiary/aromatic N) is 3. The first-order valence-electron chi connectivity index (χ1n) is 16.9. The van der Waals surface area contributed by atoms with Crippen LogP contribution in [0.15, 0.2) is 34.9 Å². The van der Waals surface area contributed by atoms with Gasteiger partial charge in [-0.25, -0.2) is 15.2 Å². The third-order valence-electron chi connectivity index (χ3n) is 7.44. The maximum Gasteiger partial charge on any atom is 0.322 e. The topological polar surface area (TPSA) is 310 Å². The van der Waals surface area contributed by atoms with Crippen molar-refractivity contribution in [3.05, 3.63) is 34.9 Å². The second-order valence-corrected chi connectivity index (χ2v) is 12.2. The number of carboxylic acid groups (broad SMARTS) is 1. The SMILES string of the molecule is C/C(=C/C(=O)N(O)CCC[C@H](N)C(=O)OCC/C(C)=C\C(=O)N(O)CCC[C@H](N)C(=O)OCC/C(C)=C\C(=O)N(O)CCC[C@H](N)C(=O)O)CCO. The molecule has 296 valence electrons. The highest BCUT2D eigenvalue weighted by Crippen LogP contribution is 2.08. The van der Waals surface area contributed by atoms with Gasteiger partial charge in [0.1, 0.15) is 18.1 Å². The number of amides is 3. The van der Waals surface area contributed by atoms with E-state index in [9.17, 15) is 44.4 Å². The number of carbonyl (C=O) groups excluding carboxylic acids is 5. The van der Waals surface area contributed by atoms with Crippen molar-refractivity contribution in [3.63, 3.8) is 0 Å². The maximum atomic E-state index is 12.3. The number of ether oxygens (including phenoxy) is 2. The number of aliphatic hydroxyl groups excluding tert-OH is 1. The Morgan fingerprint density at radius 1 is 0.577 bits per heavy atom. The van der Waals surface area contributed by atoms with Crippen LogP contribution in [0.4, 0.5) is 0 Å². The number of carbonyl (C=O) groups is 6. The molecule has 3 amide bonds. The van der Waals surface area contributed by atoms with Crippen LogP contribution >= 0.6 is 0 Å². The first kappa shape index (κ1) is 47.8. The summed E-state index contributed by atoms with van der Waals surface area (Å²) in [5.74, 6) is -4.70. The Morgan fingerprint density at radius 2 is 0.885 bits per heavy atom. The lowest BCUT2D eigenvalue weighted by molar-refractivity contribution is -0.160. The lowest BCUT2D eigenvalue weighted by Gasteiger charge is -2.16. The molecule has 52 heavy (non-hydrogen) atoms. The lowest BCUT2D eigenvalue weighted by atomic mass is 10.1. The van der Waals surface area contributed by atoms with Crippen LogP contribution in [0.25, 0.3) is 0 Å². The van der Waals surface area contributed by atoms with Crippen molar-refractivity contribution in [3.8, 4) is 0 Å². The second kappa shape index (κ2) is 26.5. The molecule has 0 aromatic rings. The molecular formula is C33H56N6O13. The molecule has 11 N–H and O–H groups in total. The molecule has 0 heterocycles. The van der Waals surface area contributed by atoms with Gasteiger partial charge in [0.15, 0.2) is 0 Å². The van der Waals surface area contributed by atoms with Crippen molar-refractivity contribution in [1.29, 1.82) is 0 Å². The minimum Gasteiger partial charge on any atom is -0.480 e. The molecule has 0 fully saturated rings. The fraction of sp³-hybridized carbons (Fsp3) is 0.636. The smallest absolute Gasteiger partial charge is 0.322 e. The standard InChI is InChI=1S/C33H56N6O13/c1-22(10-16-40)19-28(41)38(49)14-5-8-26(35)32(46)52-18-12-24(3)21-30(43)39(50)15-6-9-27(36)33(47)51-17-11-23(2)20-29(42)37(48)13-4-7-25(34)31(44)45/h19-21,25-27,40,48-50H,4-18,34-36H2,1-3H3,(H,44,45)/b22-19-,23-20-,24-21-/t25-,26-,27-/m0/s1. The largest absolute Gasteiger partial charge is 0.480 e. The zero-order chi connectivity index (χ0) is 39.8. The summed E-state index contributed by atoms with van der Waals surface area (Å²) in [6.45, 7) is 4.24. The van der Waals surface area contributed by atoms with Crippen LogP contribution in [0.5, 0.6) is 0 Å². The fourth-order valence-electron chi connectivity index (χ4n) is 4.16. The molecule has 0 aliphatic heterocycles. The summed E-state index contributed by atoms with van der Waals surface area (Å²) >= 11 is 0. The van der Waals surface area contributed by atoms with Crippen LogP contribution in [0.1, 0.15) is 78.6 Å². The predicted octanol–water partition coefficient (Wildman–Crippen LogP) is 0.135. The quantitative estimate of drug-likeness (QED) is 0.0253. The van der Waals surface area contributed by atoms with Gasteiger partial charge in [0.25, 0.3) is 17.7 Å². The van der Waals surface area contributed by atoms with Crippen molar-refractivity contribution >= 4 is 35.6 Å². The third kappa shape index (κ3) is 21.9. The molecule has 19 nitrogen and oxygen atoms in total. The van der Waals surface area contributed by atoms with Crippen LogP contribution < -0.4 is 17.2 Å². The normalized spacial score (nSPS) is 13.8. The Balaban J connectivity index is 4.38. The van der Waals surface area contributed by atoms with E-state index in [0.717, 1.165) is 12.2 Å². The van der Waals surface area contributed by atoms with Crippen molar-refractivity contribution < 1.29 is 64.1 Å². The molecule has 0 spiro atoms. The van der Waals surface area contributed by atoms with E-state index in [0.29, 0.717) is 38.3 Å². The lowest BCUT2D eigenvalue weighted by Crippen LogP contribution is -2.34. The Morgan fingerprint density at radius 3 is 1.19 bits per heavy atom. The molecule has 0 aliphatic carbocycles. The first-order valence-corrected chi connectivity index (χ1v) is 16.9. The Kier molecular flexibility index (Phi) is 24.4. The van der Waals surface area contributed by atoms with E-state index in [2.05, 4.69) is 0 Å². The van der Waals surface area contributed by atoms with Gasteiger partial charge in [-0.15, -0.1) is 0 Å². The number of nitrogens with two attached hydrogens (primary N) is 3. The number of rotatable bonds is 26. The molecule has 0 saturated heterocycles. The molecule has 0 unspecified atom stereocenters. The summed E-state index contributed by atoms with van der Waals surface area (Å²) in [5.41, 5.74) is 18.7. The van der Waals surface area contributed by atoms with Crippen LogP contribution in [-0.2, 0) is 38.2 Å². The number of carboxylic acids is 1. The van der Waals surface area contributed by atoms with E-state index in [1.807, 2.05) is 0 Å². The summed E-state index contributed by atoms with van der Waals surface area (Å²) in [6.07, 6.45) is 5.06. The number of aliphatic hydroxyl groups is 1. The molecule has 0 bridgehead atoms. The van der Waals surface area contributed by atoms with Gasteiger partial charge in [0.05, 0.1) is 13.2 Å². The summed E-state index contributed by atoms with van der Waals surface area (Å²) in [6, 6.07) is -3.12. The second-order valence-electron chi connectivity index (χ2n) is 12.2. The molecule has 0 saturated carbocycles. The zero-order valence-electron chi connectivity index (χ0n) is 30.1. The van der Waals surface area contributed by atoms with Crippen molar-refractivity contribution in [2.24, 2.45) is 17.2 Å². The summed E-state index contributed by atoms with van der Waals surface area (Å²) < 4.78 is 10.3. The average Bonchev–Trinajstić information content (AvgIpc) is 3.07. The molecule has 19 heteroatoms. The van der Waals surface area contributed by atoms with E-state index in [1.54, 1.807) is 20.8 Å². The van der Waals surface area contributed by atoms with Gasteiger partial charge < -0.3 is 36.9 Å². The van der Waals surface area contributed by atoms with E-state index < -0.39 is 53.8 Å². The Hall–Kier alpha value is -4.24. The number of esters is 2. The van der Waals surface area contributed by atoms with E-state index >= 15 is 0 Å². The highest BCUT2D eigenvalue weighted by atomic mass is 16.5. The summed E-state index contributed by atoms with van der Waals surface area (Å²) in [5, 5.41) is 48.7. The zero-order valence-corrected chi connectivity index (χ0v) is 30.1. The fourth-order valence-corrected chi connectivity index (χ4v) is 4.16.